The van der Waals surface area contributed by atoms with Crippen LogP contribution in [0.2, 0.25) is 0 Å². The molecule has 1 aliphatic heterocycles. The molecule has 0 saturated heterocycles. The minimum Gasteiger partial charge on any atom is -0.372 e. The predicted molar refractivity (Wildman–Crippen MR) is 84.5 cm³/mol. The minimum atomic E-state index is -0.251. The van der Waals surface area contributed by atoms with Gasteiger partial charge < -0.3 is 15.6 Å². The fraction of sp³-hybridized carbons (Fsp3) is 0.118. The van der Waals surface area contributed by atoms with Crippen molar-refractivity contribution in [2.45, 2.75) is 12.5 Å². The fourth-order valence-electron chi connectivity index (χ4n) is 2.86. The normalized spacial score (nSPS) is 17.1. The summed E-state index contributed by atoms with van der Waals surface area (Å²) < 4.78 is 0. The van der Waals surface area contributed by atoms with Gasteiger partial charge in [0.05, 0.1) is 11.4 Å². The van der Waals surface area contributed by atoms with E-state index in [1.54, 1.807) is 0 Å². The zero-order chi connectivity index (χ0) is 14.2. The molecule has 2 heterocycles. The molecule has 4 heteroatoms. The molecule has 3 aromatic rings. The van der Waals surface area contributed by atoms with Crippen molar-refractivity contribution >= 4 is 28.2 Å². The third-order valence-corrected chi connectivity index (χ3v) is 3.93. The SMILES string of the molecule is O=C1Nc2ccccc2N[C@@H]1Cc1c[nH]c2ccccc12. The lowest BCUT2D eigenvalue weighted by Gasteiger charge is -2.26. The van der Waals surface area contributed by atoms with Crippen molar-refractivity contribution in [3.63, 3.8) is 0 Å². The largest absolute Gasteiger partial charge is 0.372 e. The van der Waals surface area contributed by atoms with Crippen LogP contribution in [0.1, 0.15) is 5.56 Å². The van der Waals surface area contributed by atoms with Crippen molar-refractivity contribution in [1.29, 1.82) is 0 Å². The Balaban J connectivity index is 1.64. The van der Waals surface area contributed by atoms with Crippen molar-refractivity contribution < 1.29 is 4.79 Å². The second kappa shape index (κ2) is 4.66. The Morgan fingerprint density at radius 1 is 0.952 bits per heavy atom. The number of rotatable bonds is 2. The quantitative estimate of drug-likeness (QED) is 0.674. The van der Waals surface area contributed by atoms with E-state index in [9.17, 15) is 4.79 Å². The number of aromatic nitrogens is 1. The predicted octanol–water partition coefficient (Wildman–Crippen LogP) is 3.14. The van der Waals surface area contributed by atoms with E-state index in [1.165, 1.54) is 5.39 Å². The molecule has 104 valence electrons. The molecule has 1 atom stereocenters. The Kier molecular flexibility index (Phi) is 2.67. The van der Waals surface area contributed by atoms with Gasteiger partial charge in [-0.05, 0) is 23.8 Å². The summed E-state index contributed by atoms with van der Waals surface area (Å²) in [5.74, 6) is 0.0129. The first-order chi connectivity index (χ1) is 10.3. The van der Waals surface area contributed by atoms with E-state index in [1.807, 2.05) is 48.7 Å². The van der Waals surface area contributed by atoms with Crippen molar-refractivity contribution in [2.75, 3.05) is 10.6 Å². The summed E-state index contributed by atoms with van der Waals surface area (Å²) in [6.07, 6.45) is 2.64. The van der Waals surface area contributed by atoms with Crippen LogP contribution in [0.3, 0.4) is 0 Å². The first kappa shape index (κ1) is 12.0. The maximum Gasteiger partial charge on any atom is 0.247 e. The van der Waals surface area contributed by atoms with Crippen LogP contribution in [0.5, 0.6) is 0 Å². The highest BCUT2D eigenvalue weighted by atomic mass is 16.2. The number of fused-ring (bicyclic) bond motifs is 2. The van der Waals surface area contributed by atoms with Gasteiger partial charge in [0.25, 0.3) is 0 Å². The monoisotopic (exact) mass is 277 g/mol. The second-order valence-corrected chi connectivity index (χ2v) is 5.30. The summed E-state index contributed by atoms with van der Waals surface area (Å²) >= 11 is 0. The number of nitrogens with one attached hydrogen (secondary N) is 3. The van der Waals surface area contributed by atoms with E-state index in [4.69, 9.17) is 0 Å². The van der Waals surface area contributed by atoms with Crippen LogP contribution in [0.15, 0.2) is 54.7 Å². The number of carbonyl (C=O) groups is 1. The highest BCUT2D eigenvalue weighted by molar-refractivity contribution is 6.03. The first-order valence-electron chi connectivity index (χ1n) is 7.03. The molecule has 21 heavy (non-hydrogen) atoms. The lowest BCUT2D eigenvalue weighted by Crippen LogP contribution is -2.40. The molecular weight excluding hydrogens is 262 g/mol. The van der Waals surface area contributed by atoms with E-state index in [0.29, 0.717) is 6.42 Å². The summed E-state index contributed by atoms with van der Waals surface area (Å²) in [6, 6.07) is 15.7. The van der Waals surface area contributed by atoms with Crippen LogP contribution in [0.4, 0.5) is 11.4 Å². The van der Waals surface area contributed by atoms with Crippen molar-refractivity contribution in [2.24, 2.45) is 0 Å². The van der Waals surface area contributed by atoms with Crippen LogP contribution >= 0.6 is 0 Å². The number of carbonyl (C=O) groups excluding carboxylic acids is 1. The Bertz CT molecular complexity index is 822. The first-order valence-corrected chi connectivity index (χ1v) is 7.03. The summed E-state index contributed by atoms with van der Waals surface area (Å²) in [7, 11) is 0. The summed E-state index contributed by atoms with van der Waals surface area (Å²) in [6.45, 7) is 0. The molecular formula is C17H15N3O. The van der Waals surface area contributed by atoms with Gasteiger partial charge in [-0.2, -0.15) is 0 Å². The lowest BCUT2D eigenvalue weighted by atomic mass is 10.0. The molecule has 4 rings (SSSR count). The lowest BCUT2D eigenvalue weighted by molar-refractivity contribution is -0.117. The molecule has 4 nitrogen and oxygen atoms in total. The van der Waals surface area contributed by atoms with E-state index in [2.05, 4.69) is 21.7 Å². The number of hydrogen-bond acceptors (Lipinski definition) is 2. The van der Waals surface area contributed by atoms with Gasteiger partial charge >= 0.3 is 0 Å². The maximum atomic E-state index is 12.2. The Morgan fingerprint density at radius 3 is 2.62 bits per heavy atom. The molecule has 3 N–H and O–H groups in total. The van der Waals surface area contributed by atoms with Gasteiger partial charge in [-0.15, -0.1) is 0 Å². The Hall–Kier alpha value is -2.75. The van der Waals surface area contributed by atoms with Gasteiger partial charge in [-0.3, -0.25) is 4.79 Å². The molecule has 0 bridgehead atoms. The highest BCUT2D eigenvalue weighted by Gasteiger charge is 2.25. The smallest absolute Gasteiger partial charge is 0.247 e. The van der Waals surface area contributed by atoms with Gasteiger partial charge in [0.15, 0.2) is 0 Å². The number of benzene rings is 2. The molecule has 1 aliphatic rings. The minimum absolute atomic E-state index is 0.0129. The molecule has 0 unspecified atom stereocenters. The van der Waals surface area contributed by atoms with E-state index >= 15 is 0 Å². The standard InChI is InChI=1S/C17H15N3O/c21-17-16(19-14-7-3-4-8-15(14)20-17)9-11-10-18-13-6-2-1-5-12(11)13/h1-8,10,16,18-19H,9H2,(H,20,21)/t16-/m1/s1. The number of hydrogen-bond donors (Lipinski definition) is 3. The molecule has 1 aromatic heterocycles. The van der Waals surface area contributed by atoms with E-state index in [-0.39, 0.29) is 11.9 Å². The molecule has 0 saturated carbocycles. The third kappa shape index (κ3) is 2.05. The van der Waals surface area contributed by atoms with Crippen molar-refractivity contribution in [1.82, 2.24) is 4.98 Å². The van der Waals surface area contributed by atoms with E-state index in [0.717, 1.165) is 22.5 Å². The maximum absolute atomic E-state index is 12.2. The highest BCUT2D eigenvalue weighted by Crippen LogP contribution is 2.28. The molecule has 2 aromatic carbocycles. The molecule has 0 fully saturated rings. The fourth-order valence-corrected chi connectivity index (χ4v) is 2.86. The average molecular weight is 277 g/mol. The van der Waals surface area contributed by atoms with Crippen LogP contribution in [0, 0.1) is 0 Å². The van der Waals surface area contributed by atoms with Crippen molar-refractivity contribution in [3.05, 3.63) is 60.3 Å². The van der Waals surface area contributed by atoms with E-state index < -0.39 is 0 Å². The van der Waals surface area contributed by atoms with Gasteiger partial charge in [-0.1, -0.05) is 30.3 Å². The molecule has 0 radical (unpaired) electrons. The number of amides is 1. The van der Waals surface area contributed by atoms with Crippen LogP contribution in [0.25, 0.3) is 10.9 Å². The molecule has 1 amide bonds. The number of anilines is 2. The molecule has 0 spiro atoms. The average Bonchev–Trinajstić information content (AvgIpc) is 2.91. The zero-order valence-electron chi connectivity index (χ0n) is 11.4. The Morgan fingerprint density at radius 2 is 1.71 bits per heavy atom. The number of para-hydroxylation sites is 3. The van der Waals surface area contributed by atoms with Crippen LogP contribution in [-0.2, 0) is 11.2 Å². The van der Waals surface area contributed by atoms with Crippen LogP contribution in [-0.4, -0.2) is 16.9 Å². The van der Waals surface area contributed by atoms with Crippen LogP contribution < -0.4 is 10.6 Å². The topological polar surface area (TPSA) is 56.9 Å². The summed E-state index contributed by atoms with van der Waals surface area (Å²) in [5.41, 5.74) is 4.07. The molecule has 0 aliphatic carbocycles. The number of aromatic amines is 1. The summed E-state index contributed by atoms with van der Waals surface area (Å²) in [4.78, 5) is 15.5. The Labute approximate surface area is 122 Å². The van der Waals surface area contributed by atoms with Gasteiger partial charge in [0.2, 0.25) is 5.91 Å². The van der Waals surface area contributed by atoms with Crippen molar-refractivity contribution in [3.8, 4) is 0 Å². The zero-order valence-corrected chi connectivity index (χ0v) is 11.4. The summed E-state index contributed by atoms with van der Waals surface area (Å²) in [5, 5.41) is 7.45. The number of H-pyrrole nitrogens is 1. The second-order valence-electron chi connectivity index (χ2n) is 5.30. The van der Waals surface area contributed by atoms with Gasteiger partial charge in [0, 0.05) is 23.5 Å². The van der Waals surface area contributed by atoms with Gasteiger partial charge in [-0.25, -0.2) is 0 Å². The third-order valence-electron chi connectivity index (χ3n) is 3.93. The van der Waals surface area contributed by atoms with Gasteiger partial charge in [0.1, 0.15) is 6.04 Å².